The first-order valence-corrected chi connectivity index (χ1v) is 9.95. The van der Waals surface area contributed by atoms with Gasteiger partial charge in [-0.15, -0.1) is 11.8 Å². The van der Waals surface area contributed by atoms with Crippen LogP contribution in [0, 0.1) is 0 Å². The van der Waals surface area contributed by atoms with E-state index in [1.165, 1.54) is 12.1 Å². The Morgan fingerprint density at radius 2 is 1.81 bits per heavy atom. The number of alkyl halides is 3. The number of carbonyl (C=O) groups excluding carboxylic acids is 3. The Hall–Kier alpha value is -3.60. The second-order valence-corrected chi connectivity index (χ2v) is 7.89. The van der Waals surface area contributed by atoms with Gasteiger partial charge in [0, 0.05) is 29.2 Å². The van der Waals surface area contributed by atoms with Gasteiger partial charge in [-0.25, -0.2) is 9.69 Å². The molecule has 1 atom stereocenters. The number of anilines is 2. The van der Waals surface area contributed by atoms with E-state index in [0.29, 0.717) is 16.7 Å². The normalized spacial score (nSPS) is 16.6. The zero-order valence-electron chi connectivity index (χ0n) is 16.1. The lowest BCUT2D eigenvalue weighted by Crippen LogP contribution is -2.31. The third kappa shape index (κ3) is 5.55. The van der Waals surface area contributed by atoms with Crippen molar-refractivity contribution in [1.29, 1.82) is 0 Å². The molecule has 11 heteroatoms. The summed E-state index contributed by atoms with van der Waals surface area (Å²) in [5.41, 5.74) is -0.780. The third-order valence-electron chi connectivity index (χ3n) is 4.29. The molecule has 3 amide bonds. The number of nitrogens with zero attached hydrogens (tertiary/aromatic N) is 1. The van der Waals surface area contributed by atoms with E-state index >= 15 is 0 Å². The molecule has 7 nitrogen and oxygen atoms in total. The molecular formula is C21H15F3N2O5S. The molecule has 1 heterocycles. The topological polar surface area (TPSA) is 104 Å². The summed E-state index contributed by atoms with van der Waals surface area (Å²) in [5, 5.41) is 10.2. The molecule has 0 aromatic heterocycles. The lowest BCUT2D eigenvalue weighted by atomic mass is 10.2. The number of hydrogen-bond acceptors (Lipinski definition) is 5. The van der Waals surface area contributed by atoms with Gasteiger partial charge in [0.15, 0.2) is 0 Å². The molecule has 3 rings (SSSR count). The summed E-state index contributed by atoms with van der Waals surface area (Å²) in [5.74, 6) is -3.20. The minimum absolute atomic E-state index is 0.149. The van der Waals surface area contributed by atoms with Crippen molar-refractivity contribution in [2.75, 3.05) is 10.2 Å². The van der Waals surface area contributed by atoms with Crippen LogP contribution < -0.4 is 10.2 Å². The molecule has 1 aliphatic heterocycles. The molecule has 2 aromatic carbocycles. The van der Waals surface area contributed by atoms with Gasteiger partial charge in [0.2, 0.25) is 17.7 Å². The number of amides is 3. The monoisotopic (exact) mass is 464 g/mol. The average Bonchev–Trinajstić information content (AvgIpc) is 2.99. The highest BCUT2D eigenvalue weighted by Gasteiger charge is 2.41. The average molecular weight is 464 g/mol. The van der Waals surface area contributed by atoms with Crippen LogP contribution in [0.15, 0.2) is 65.6 Å². The second-order valence-electron chi connectivity index (χ2n) is 6.61. The standard InChI is InChI=1S/C21H15F3N2O5S/c22-21(23,24)12-3-1-5-14(9-12)26-18(28)11-16(20(26)31)32-15-6-2-4-13(10-15)25-17(27)7-8-19(29)30/h1-10,16H,11H2,(H,25,27)(H,29,30)/b8-7+/t16-/m0/s1. The first-order valence-electron chi connectivity index (χ1n) is 9.07. The lowest BCUT2D eigenvalue weighted by molar-refractivity contribution is -0.137. The highest BCUT2D eigenvalue weighted by Crippen LogP contribution is 2.37. The molecule has 0 bridgehead atoms. The minimum Gasteiger partial charge on any atom is -0.478 e. The maximum atomic E-state index is 13.0. The van der Waals surface area contributed by atoms with Gasteiger partial charge < -0.3 is 10.4 Å². The lowest BCUT2D eigenvalue weighted by Gasteiger charge is -2.17. The molecule has 0 aliphatic carbocycles. The molecule has 0 saturated carbocycles. The Bertz CT molecular complexity index is 1120. The number of benzene rings is 2. The predicted molar refractivity (Wildman–Crippen MR) is 110 cm³/mol. The zero-order valence-corrected chi connectivity index (χ0v) is 16.9. The number of carboxylic acid groups (broad SMARTS) is 1. The molecule has 1 fully saturated rings. The fourth-order valence-electron chi connectivity index (χ4n) is 2.93. The molecule has 0 spiro atoms. The van der Waals surface area contributed by atoms with Crippen LogP contribution in [0.2, 0.25) is 0 Å². The van der Waals surface area contributed by atoms with Gasteiger partial charge >= 0.3 is 12.1 Å². The summed E-state index contributed by atoms with van der Waals surface area (Å²) >= 11 is 1.03. The summed E-state index contributed by atoms with van der Waals surface area (Å²) in [7, 11) is 0. The van der Waals surface area contributed by atoms with Gasteiger partial charge in [-0.05, 0) is 36.4 Å². The maximum Gasteiger partial charge on any atom is 0.416 e. The Morgan fingerprint density at radius 1 is 1.09 bits per heavy atom. The van der Waals surface area contributed by atoms with Crippen molar-refractivity contribution in [2.24, 2.45) is 0 Å². The smallest absolute Gasteiger partial charge is 0.416 e. The summed E-state index contributed by atoms with van der Waals surface area (Å²) in [4.78, 5) is 48.6. The Balaban J connectivity index is 1.73. The van der Waals surface area contributed by atoms with E-state index in [0.717, 1.165) is 40.9 Å². The maximum absolute atomic E-state index is 13.0. The van der Waals surface area contributed by atoms with Gasteiger partial charge in [0.25, 0.3) is 0 Å². The van der Waals surface area contributed by atoms with Crippen molar-refractivity contribution in [3.05, 3.63) is 66.2 Å². The molecule has 166 valence electrons. The number of aliphatic carboxylic acids is 1. The SMILES string of the molecule is O=C(O)/C=C/C(=O)Nc1cccc(S[C@H]2CC(=O)N(c3cccc(C(F)(F)F)c3)C2=O)c1. The largest absolute Gasteiger partial charge is 0.478 e. The van der Waals surface area contributed by atoms with Crippen molar-refractivity contribution in [1.82, 2.24) is 0 Å². The van der Waals surface area contributed by atoms with Gasteiger partial charge in [0.05, 0.1) is 16.5 Å². The zero-order chi connectivity index (χ0) is 23.5. The van der Waals surface area contributed by atoms with E-state index in [4.69, 9.17) is 5.11 Å². The molecule has 0 radical (unpaired) electrons. The van der Waals surface area contributed by atoms with Crippen molar-refractivity contribution in [2.45, 2.75) is 22.7 Å². The Kier molecular flexibility index (Phi) is 6.68. The molecule has 32 heavy (non-hydrogen) atoms. The van der Waals surface area contributed by atoms with Gasteiger partial charge in [-0.2, -0.15) is 13.2 Å². The van der Waals surface area contributed by atoms with E-state index in [2.05, 4.69) is 5.32 Å². The van der Waals surface area contributed by atoms with Crippen LogP contribution in [0.1, 0.15) is 12.0 Å². The van der Waals surface area contributed by atoms with E-state index < -0.39 is 40.7 Å². The number of hydrogen-bond donors (Lipinski definition) is 2. The summed E-state index contributed by atoms with van der Waals surface area (Å²) in [6, 6.07) is 10.3. The second kappa shape index (κ2) is 9.27. The highest BCUT2D eigenvalue weighted by molar-refractivity contribution is 8.00. The predicted octanol–water partition coefficient (Wildman–Crippen LogP) is 3.71. The van der Waals surface area contributed by atoms with Crippen LogP contribution in [-0.2, 0) is 25.4 Å². The first-order chi connectivity index (χ1) is 15.0. The highest BCUT2D eigenvalue weighted by atomic mass is 32.2. The fraction of sp³-hybridized carbons (Fsp3) is 0.143. The third-order valence-corrected chi connectivity index (χ3v) is 5.47. The number of thioether (sulfide) groups is 1. The summed E-state index contributed by atoms with van der Waals surface area (Å²) < 4.78 is 38.9. The van der Waals surface area contributed by atoms with Crippen LogP contribution in [0.25, 0.3) is 0 Å². The number of nitrogens with one attached hydrogen (secondary N) is 1. The van der Waals surface area contributed by atoms with Crippen LogP contribution >= 0.6 is 11.8 Å². The van der Waals surface area contributed by atoms with Crippen molar-refractivity contribution in [3.8, 4) is 0 Å². The van der Waals surface area contributed by atoms with Crippen LogP contribution in [0.4, 0.5) is 24.5 Å². The van der Waals surface area contributed by atoms with Crippen LogP contribution in [-0.4, -0.2) is 34.0 Å². The number of imide groups is 1. The van der Waals surface area contributed by atoms with Gasteiger partial charge in [-0.1, -0.05) is 12.1 Å². The Morgan fingerprint density at radius 3 is 2.50 bits per heavy atom. The first kappa shape index (κ1) is 23.1. The molecule has 1 aliphatic rings. The summed E-state index contributed by atoms with van der Waals surface area (Å²) in [6.45, 7) is 0. The number of carbonyl (C=O) groups is 4. The van der Waals surface area contributed by atoms with Crippen molar-refractivity contribution >= 4 is 46.8 Å². The molecule has 0 unspecified atom stereocenters. The number of halogens is 3. The molecule has 1 saturated heterocycles. The quantitative estimate of drug-likeness (QED) is 0.499. The van der Waals surface area contributed by atoms with E-state index in [-0.39, 0.29) is 12.1 Å². The Labute approximate surface area is 183 Å². The number of rotatable bonds is 6. The van der Waals surface area contributed by atoms with Crippen LogP contribution in [0.5, 0.6) is 0 Å². The molecule has 2 N–H and O–H groups in total. The van der Waals surface area contributed by atoms with Gasteiger partial charge in [0.1, 0.15) is 0 Å². The molecular weight excluding hydrogens is 449 g/mol. The summed E-state index contributed by atoms with van der Waals surface area (Å²) in [6.07, 6.45) is -3.29. The van der Waals surface area contributed by atoms with E-state index in [1.54, 1.807) is 18.2 Å². The van der Waals surface area contributed by atoms with E-state index in [1.807, 2.05) is 0 Å². The van der Waals surface area contributed by atoms with Crippen LogP contribution in [0.3, 0.4) is 0 Å². The van der Waals surface area contributed by atoms with Gasteiger partial charge in [-0.3, -0.25) is 14.4 Å². The number of carboxylic acids is 1. The van der Waals surface area contributed by atoms with E-state index in [9.17, 15) is 32.3 Å². The molecule has 2 aromatic rings. The van der Waals surface area contributed by atoms with Crippen molar-refractivity contribution in [3.63, 3.8) is 0 Å². The van der Waals surface area contributed by atoms with Crippen molar-refractivity contribution < 1.29 is 37.5 Å². The fourth-order valence-corrected chi connectivity index (χ4v) is 4.04. The minimum atomic E-state index is -4.61.